The molecule has 0 amide bonds. The fourth-order valence-corrected chi connectivity index (χ4v) is 0.710. The average molecular weight is 146 g/mol. The maximum Gasteiger partial charge on any atom is 0.251 e. The number of aromatic amines is 1. The molecule has 1 aromatic heterocycles. The molecule has 8 heavy (non-hydrogen) atoms. The van der Waals surface area contributed by atoms with Crippen LogP contribution < -0.4 is 4.09 Å². The standard InChI is InChI=1S/C3H3N3S2/c7-3-4-1-2-6(8)5-3/h1-2H,(H-,4,5,7,8)/p+1. The van der Waals surface area contributed by atoms with Crippen LogP contribution in [0.4, 0.5) is 0 Å². The van der Waals surface area contributed by atoms with E-state index in [0.717, 1.165) is 0 Å². The van der Waals surface area contributed by atoms with Crippen LogP contribution >= 0.6 is 25.0 Å². The maximum atomic E-state index is 4.66. The Bertz CT molecular complexity index is 230. The zero-order chi connectivity index (χ0) is 5.98. The van der Waals surface area contributed by atoms with Gasteiger partial charge in [0.25, 0.3) is 4.77 Å². The third-order valence-electron chi connectivity index (χ3n) is 0.610. The van der Waals surface area contributed by atoms with E-state index >= 15 is 0 Å². The van der Waals surface area contributed by atoms with E-state index in [2.05, 4.69) is 35.1 Å². The van der Waals surface area contributed by atoms with Crippen molar-refractivity contribution in [1.29, 1.82) is 0 Å². The van der Waals surface area contributed by atoms with Crippen LogP contribution in [0.25, 0.3) is 0 Å². The molecule has 1 heterocycles. The fourth-order valence-electron chi connectivity index (χ4n) is 0.328. The van der Waals surface area contributed by atoms with Gasteiger partial charge < -0.3 is 0 Å². The second-order valence-electron chi connectivity index (χ2n) is 1.19. The number of hydrogen-bond acceptors (Lipinski definition) is 3. The lowest BCUT2D eigenvalue weighted by Crippen LogP contribution is -2.25. The van der Waals surface area contributed by atoms with Crippen LogP contribution in [0.15, 0.2) is 12.4 Å². The van der Waals surface area contributed by atoms with Gasteiger partial charge in [-0.15, -0.1) is 5.10 Å². The zero-order valence-corrected chi connectivity index (χ0v) is 5.62. The van der Waals surface area contributed by atoms with Gasteiger partial charge in [0.15, 0.2) is 12.8 Å². The number of hydrogen-bond donors (Lipinski definition) is 2. The van der Waals surface area contributed by atoms with Gasteiger partial charge in [-0.1, -0.05) is 0 Å². The predicted molar refractivity (Wildman–Crippen MR) is 34.0 cm³/mol. The van der Waals surface area contributed by atoms with Crippen LogP contribution in [0.2, 0.25) is 0 Å². The van der Waals surface area contributed by atoms with Gasteiger partial charge in [-0.2, -0.15) is 0 Å². The highest BCUT2D eigenvalue weighted by Gasteiger charge is 1.85. The molecule has 5 heteroatoms. The largest absolute Gasteiger partial charge is 0.251 e. The summed E-state index contributed by atoms with van der Waals surface area (Å²) in [6.45, 7) is 0. The molecule has 0 aromatic carbocycles. The molecule has 0 unspecified atom stereocenters. The van der Waals surface area contributed by atoms with E-state index < -0.39 is 0 Å². The summed E-state index contributed by atoms with van der Waals surface area (Å²) in [6, 6.07) is 0. The van der Waals surface area contributed by atoms with E-state index in [-0.39, 0.29) is 0 Å². The van der Waals surface area contributed by atoms with Crippen molar-refractivity contribution in [3.63, 3.8) is 0 Å². The lowest BCUT2D eigenvalue weighted by atomic mass is 10.9. The summed E-state index contributed by atoms with van der Waals surface area (Å²) in [5, 5.41) is 2.65. The summed E-state index contributed by atoms with van der Waals surface area (Å²) in [5.74, 6) is 0. The minimum absolute atomic E-state index is 0.433. The fraction of sp³-hybridized carbons (Fsp3) is 0. The van der Waals surface area contributed by atoms with E-state index in [0.29, 0.717) is 4.77 Å². The van der Waals surface area contributed by atoms with E-state index in [1.807, 2.05) is 0 Å². The molecule has 0 radical (unpaired) electrons. The first-order valence-electron chi connectivity index (χ1n) is 1.95. The van der Waals surface area contributed by atoms with Gasteiger partial charge >= 0.3 is 0 Å². The smallest absolute Gasteiger partial charge is 0.218 e. The summed E-state index contributed by atoms with van der Waals surface area (Å²) in [6.07, 6.45) is 3.23. The van der Waals surface area contributed by atoms with E-state index in [4.69, 9.17) is 0 Å². The van der Waals surface area contributed by atoms with Crippen molar-refractivity contribution in [2.24, 2.45) is 0 Å². The number of aromatic nitrogens is 3. The molecular weight excluding hydrogens is 142 g/mol. The van der Waals surface area contributed by atoms with E-state index in [1.54, 1.807) is 12.4 Å². The number of H-pyrrole nitrogens is 1. The Balaban J connectivity index is 3.28. The van der Waals surface area contributed by atoms with Gasteiger partial charge in [-0.25, -0.2) is 4.98 Å². The van der Waals surface area contributed by atoms with Crippen LogP contribution in [0.1, 0.15) is 0 Å². The molecule has 3 nitrogen and oxygen atoms in total. The molecule has 0 bridgehead atoms. The Morgan fingerprint density at radius 2 is 2.62 bits per heavy atom. The van der Waals surface area contributed by atoms with Crippen LogP contribution in [0, 0.1) is 4.77 Å². The molecular formula is C3H4N3S2+. The highest BCUT2D eigenvalue weighted by atomic mass is 32.1. The summed E-state index contributed by atoms with van der Waals surface area (Å²) >= 11 is 8.57. The Morgan fingerprint density at radius 1 is 1.88 bits per heavy atom. The Morgan fingerprint density at radius 3 is 3.00 bits per heavy atom. The number of nitrogens with one attached hydrogen (secondary N) is 1. The lowest BCUT2D eigenvalue weighted by molar-refractivity contribution is -0.562. The molecule has 0 aliphatic heterocycles. The van der Waals surface area contributed by atoms with Crippen LogP contribution in [0.5, 0.6) is 0 Å². The quantitative estimate of drug-likeness (QED) is 0.309. The van der Waals surface area contributed by atoms with Crippen molar-refractivity contribution in [3.8, 4) is 0 Å². The van der Waals surface area contributed by atoms with Gasteiger partial charge in [-0.3, -0.25) is 0 Å². The second-order valence-corrected chi connectivity index (χ2v) is 2.01. The molecule has 0 saturated heterocycles. The molecule has 0 atom stereocenters. The first-order valence-corrected chi connectivity index (χ1v) is 2.76. The molecule has 0 fully saturated rings. The average Bonchev–Trinajstić information content (AvgIpc) is 1.64. The Labute approximate surface area is 56.9 Å². The number of thiol groups is 1. The molecule has 1 aromatic rings. The molecule has 42 valence electrons. The number of rotatable bonds is 0. The van der Waals surface area contributed by atoms with Crippen molar-refractivity contribution < 1.29 is 4.09 Å². The van der Waals surface area contributed by atoms with Gasteiger partial charge in [0.1, 0.15) is 0 Å². The summed E-state index contributed by atoms with van der Waals surface area (Å²) < 4.78 is 1.87. The van der Waals surface area contributed by atoms with Crippen LogP contribution in [-0.4, -0.2) is 10.1 Å². The monoisotopic (exact) mass is 146 g/mol. The topological polar surface area (TPSA) is 32.6 Å². The number of nitrogens with zero attached hydrogens (tertiary/aromatic N) is 2. The molecule has 0 saturated carbocycles. The normalized spacial score (nSPS) is 9.12. The van der Waals surface area contributed by atoms with Gasteiger partial charge in [0.05, 0.1) is 6.20 Å². The SMILES string of the molecule is S=c1ncc[n+](S)[nH]1. The minimum atomic E-state index is 0.433. The van der Waals surface area contributed by atoms with Gasteiger partial charge in [0.2, 0.25) is 6.20 Å². The molecule has 1 rings (SSSR count). The van der Waals surface area contributed by atoms with Crippen LogP contribution in [0.3, 0.4) is 0 Å². The summed E-state index contributed by atoms with van der Waals surface area (Å²) in [7, 11) is 0. The highest BCUT2D eigenvalue weighted by molar-refractivity contribution is 7.73. The second kappa shape index (κ2) is 2.23. The van der Waals surface area contributed by atoms with Gasteiger partial charge in [-0.05, 0) is 16.3 Å². The Kier molecular flexibility index (Phi) is 1.59. The third kappa shape index (κ3) is 1.28. The lowest BCUT2D eigenvalue weighted by Gasteiger charge is -1.77. The maximum absolute atomic E-state index is 4.66. The van der Waals surface area contributed by atoms with Crippen molar-refractivity contribution in [1.82, 2.24) is 10.1 Å². The predicted octanol–water partition coefficient (Wildman–Crippen LogP) is 0.120. The summed E-state index contributed by atoms with van der Waals surface area (Å²) in [5.41, 5.74) is 0. The molecule has 0 aliphatic rings. The highest BCUT2D eigenvalue weighted by Crippen LogP contribution is 1.69. The Hall–Kier alpha value is -0.420. The summed E-state index contributed by atoms with van der Waals surface area (Å²) in [4.78, 5) is 3.73. The zero-order valence-electron chi connectivity index (χ0n) is 3.90. The molecule has 0 spiro atoms. The van der Waals surface area contributed by atoms with Crippen molar-refractivity contribution in [2.45, 2.75) is 0 Å². The molecule has 1 N–H and O–H groups in total. The van der Waals surface area contributed by atoms with Gasteiger partial charge in [0, 0.05) is 0 Å². The first-order chi connectivity index (χ1) is 3.79. The van der Waals surface area contributed by atoms with E-state index in [1.165, 1.54) is 4.09 Å². The minimum Gasteiger partial charge on any atom is -0.218 e. The first kappa shape index (κ1) is 5.71. The van der Waals surface area contributed by atoms with Crippen molar-refractivity contribution >= 4 is 25.0 Å². The van der Waals surface area contributed by atoms with Crippen molar-refractivity contribution in [3.05, 3.63) is 17.2 Å². The van der Waals surface area contributed by atoms with Crippen LogP contribution in [-0.2, 0) is 0 Å². The third-order valence-corrected chi connectivity index (χ3v) is 1.04. The van der Waals surface area contributed by atoms with E-state index in [9.17, 15) is 0 Å². The van der Waals surface area contributed by atoms with Crippen molar-refractivity contribution in [2.75, 3.05) is 0 Å². The molecule has 0 aliphatic carbocycles.